The zero-order chi connectivity index (χ0) is 30.8. The van der Waals surface area contributed by atoms with Crippen molar-refractivity contribution in [3.8, 4) is 0 Å². The number of hydrogen-bond donors (Lipinski definition) is 7. The number of sulfonamides is 1. The fraction of sp³-hybridized carbons (Fsp3) is 0.567. The number of hydrogen-bond acceptors (Lipinski definition) is 8. The van der Waals surface area contributed by atoms with Gasteiger partial charge in [0, 0.05) is 41.8 Å². The van der Waals surface area contributed by atoms with Crippen molar-refractivity contribution in [1.82, 2.24) is 30.3 Å². The van der Waals surface area contributed by atoms with E-state index < -0.39 is 51.9 Å². The van der Waals surface area contributed by atoms with Crippen LogP contribution in [0, 0.1) is 5.92 Å². The van der Waals surface area contributed by atoms with Crippen LogP contribution in [0.15, 0.2) is 42.9 Å². The van der Waals surface area contributed by atoms with Crippen molar-refractivity contribution in [1.29, 1.82) is 0 Å². The second-order valence-corrected chi connectivity index (χ2v) is 13.4. The van der Waals surface area contributed by atoms with Gasteiger partial charge in [0.25, 0.3) is 5.91 Å². The Morgan fingerprint density at radius 2 is 1.91 bits per heavy atom. The number of nitrogens with one attached hydrogen (secondary N) is 5. The van der Waals surface area contributed by atoms with Gasteiger partial charge in [-0.3, -0.25) is 14.9 Å². The third-order valence-electron chi connectivity index (χ3n) is 8.08. The third kappa shape index (κ3) is 9.70. The molecule has 7 N–H and O–H groups in total. The molecule has 0 aliphatic heterocycles. The van der Waals surface area contributed by atoms with Crippen LogP contribution in [0.25, 0.3) is 10.9 Å². The lowest BCUT2D eigenvalue weighted by Crippen LogP contribution is -2.57. The van der Waals surface area contributed by atoms with Crippen molar-refractivity contribution in [2.45, 2.75) is 89.0 Å². The number of fused-ring (bicyclic) bond motifs is 1. The van der Waals surface area contributed by atoms with Crippen LogP contribution < -0.4 is 15.4 Å². The number of nitrogens with zero attached hydrogens (tertiary/aromatic N) is 1. The summed E-state index contributed by atoms with van der Waals surface area (Å²) in [4.78, 5) is 36.6. The summed E-state index contributed by atoms with van der Waals surface area (Å²) in [5, 5.41) is 28.7. The summed E-state index contributed by atoms with van der Waals surface area (Å²) in [6.45, 7) is 2.19. The van der Waals surface area contributed by atoms with Crippen LogP contribution in [0.5, 0.6) is 0 Å². The van der Waals surface area contributed by atoms with Crippen LogP contribution in [-0.4, -0.2) is 82.0 Å². The SMILES string of the molecule is CCCCNS(=O)(=O)C[C@H](O)[C@H](O)[C@H](CC1CCCCC1)N[C@@H](Cc1cnc[nH]1)C(=O)NC(=O)c1cc2ccccc2[nH]1. The number of imidazole rings is 1. The van der Waals surface area contributed by atoms with Gasteiger partial charge < -0.3 is 25.5 Å². The highest BCUT2D eigenvalue weighted by atomic mass is 32.2. The largest absolute Gasteiger partial charge is 0.389 e. The molecule has 43 heavy (non-hydrogen) atoms. The van der Waals surface area contributed by atoms with Gasteiger partial charge in [0.2, 0.25) is 15.9 Å². The summed E-state index contributed by atoms with van der Waals surface area (Å²) in [5.41, 5.74) is 1.61. The van der Waals surface area contributed by atoms with Gasteiger partial charge in [-0.1, -0.05) is 63.6 Å². The molecule has 4 atom stereocenters. The first-order valence-corrected chi connectivity index (χ1v) is 16.8. The van der Waals surface area contributed by atoms with Crippen LogP contribution in [0.1, 0.15) is 74.5 Å². The molecule has 0 saturated heterocycles. The van der Waals surface area contributed by atoms with E-state index in [1.54, 1.807) is 12.3 Å². The maximum Gasteiger partial charge on any atom is 0.274 e. The number of carbonyl (C=O) groups is 2. The standard InChI is InChI=1S/C30H44N6O6S/c1-2-3-13-33-43(41,42)18-27(37)28(38)24(14-20-9-5-4-6-10-20)35-26(16-22-17-31-19-32-22)30(40)36-29(39)25-15-21-11-7-8-12-23(21)34-25/h7-8,11-12,15,17,19-20,24,26-28,33-35,37-38H,2-6,9-10,13-14,16,18H2,1H3,(H,31,32)(H,36,39,40)/t24-,26-,27-,28+/m0/s1. The van der Waals surface area contributed by atoms with E-state index in [9.17, 15) is 28.2 Å². The second kappa shape index (κ2) is 15.6. The monoisotopic (exact) mass is 616 g/mol. The summed E-state index contributed by atoms with van der Waals surface area (Å²) >= 11 is 0. The molecule has 1 fully saturated rings. The number of aliphatic hydroxyl groups excluding tert-OH is 2. The molecule has 1 aliphatic rings. The fourth-order valence-electron chi connectivity index (χ4n) is 5.71. The Hall–Kier alpha value is -3.10. The molecule has 0 radical (unpaired) electrons. The number of imide groups is 1. The van der Waals surface area contributed by atoms with E-state index in [0.717, 1.165) is 49.4 Å². The number of rotatable bonds is 16. The Balaban J connectivity index is 1.52. The molecule has 2 amide bonds. The van der Waals surface area contributed by atoms with E-state index in [4.69, 9.17) is 0 Å². The Labute approximate surface area is 252 Å². The van der Waals surface area contributed by atoms with Gasteiger partial charge in [-0.25, -0.2) is 18.1 Å². The maximum absolute atomic E-state index is 13.6. The number of aromatic amines is 2. The lowest BCUT2D eigenvalue weighted by molar-refractivity contribution is -0.123. The zero-order valence-electron chi connectivity index (χ0n) is 24.6. The average molecular weight is 617 g/mol. The maximum atomic E-state index is 13.6. The summed E-state index contributed by atoms with van der Waals surface area (Å²) in [5.74, 6) is -1.67. The average Bonchev–Trinajstić information content (AvgIpc) is 3.66. The smallest absolute Gasteiger partial charge is 0.274 e. The van der Waals surface area contributed by atoms with Crippen molar-refractivity contribution in [3.63, 3.8) is 0 Å². The van der Waals surface area contributed by atoms with E-state index in [2.05, 4.69) is 30.3 Å². The molecule has 2 aromatic heterocycles. The topological polar surface area (TPSA) is 189 Å². The van der Waals surface area contributed by atoms with Crippen molar-refractivity contribution in [2.75, 3.05) is 12.3 Å². The van der Waals surface area contributed by atoms with Gasteiger partial charge in [-0.05, 0) is 30.9 Å². The van der Waals surface area contributed by atoms with Crippen molar-refractivity contribution in [2.24, 2.45) is 5.92 Å². The zero-order valence-corrected chi connectivity index (χ0v) is 25.4. The van der Waals surface area contributed by atoms with Crippen molar-refractivity contribution < 1.29 is 28.2 Å². The predicted octanol–water partition coefficient (Wildman–Crippen LogP) is 2.13. The molecule has 1 aliphatic carbocycles. The van der Waals surface area contributed by atoms with Gasteiger partial charge in [0.1, 0.15) is 5.69 Å². The minimum Gasteiger partial charge on any atom is -0.389 e. The molecule has 0 spiro atoms. The quantitative estimate of drug-likeness (QED) is 0.119. The molecule has 1 aromatic carbocycles. The number of carbonyl (C=O) groups excluding carboxylic acids is 2. The summed E-state index contributed by atoms with van der Waals surface area (Å²) in [7, 11) is -3.84. The van der Waals surface area contributed by atoms with Crippen LogP contribution in [-0.2, 0) is 21.2 Å². The molecule has 2 heterocycles. The third-order valence-corrected chi connectivity index (χ3v) is 9.51. The van der Waals surface area contributed by atoms with E-state index in [-0.39, 0.29) is 24.6 Å². The van der Waals surface area contributed by atoms with E-state index in [1.165, 1.54) is 6.33 Å². The van der Waals surface area contributed by atoms with Crippen LogP contribution >= 0.6 is 0 Å². The molecule has 0 unspecified atom stereocenters. The van der Waals surface area contributed by atoms with E-state index >= 15 is 0 Å². The Bertz CT molecular complexity index is 1390. The predicted molar refractivity (Wildman–Crippen MR) is 164 cm³/mol. The number of para-hydroxylation sites is 1. The summed E-state index contributed by atoms with van der Waals surface area (Å²) in [6, 6.07) is 7.24. The number of amides is 2. The van der Waals surface area contributed by atoms with E-state index in [0.29, 0.717) is 18.5 Å². The van der Waals surface area contributed by atoms with Crippen LogP contribution in [0.3, 0.4) is 0 Å². The van der Waals surface area contributed by atoms with Crippen molar-refractivity contribution in [3.05, 3.63) is 54.2 Å². The first kappa shape index (κ1) is 32.8. The highest BCUT2D eigenvalue weighted by Crippen LogP contribution is 2.29. The Morgan fingerprint density at radius 1 is 1.14 bits per heavy atom. The molecule has 236 valence electrons. The lowest BCUT2D eigenvalue weighted by Gasteiger charge is -2.34. The number of H-pyrrole nitrogens is 2. The van der Waals surface area contributed by atoms with Gasteiger partial charge in [-0.2, -0.15) is 0 Å². The summed E-state index contributed by atoms with van der Waals surface area (Å²) < 4.78 is 27.6. The first-order chi connectivity index (χ1) is 20.6. The Morgan fingerprint density at radius 3 is 2.60 bits per heavy atom. The molecule has 1 saturated carbocycles. The minimum absolute atomic E-state index is 0.118. The molecular weight excluding hydrogens is 572 g/mol. The number of benzene rings is 1. The van der Waals surface area contributed by atoms with Crippen molar-refractivity contribution >= 4 is 32.7 Å². The molecule has 4 rings (SSSR count). The summed E-state index contributed by atoms with van der Waals surface area (Å²) in [6.07, 6.45) is 7.09. The van der Waals surface area contributed by atoms with Gasteiger partial charge in [0.05, 0.1) is 30.3 Å². The molecule has 12 nitrogen and oxygen atoms in total. The minimum atomic E-state index is -3.84. The van der Waals surface area contributed by atoms with Gasteiger partial charge in [-0.15, -0.1) is 0 Å². The van der Waals surface area contributed by atoms with Gasteiger partial charge in [0.15, 0.2) is 0 Å². The molecule has 13 heteroatoms. The van der Waals surface area contributed by atoms with Crippen LogP contribution in [0.2, 0.25) is 0 Å². The lowest BCUT2D eigenvalue weighted by atomic mass is 9.83. The highest BCUT2D eigenvalue weighted by molar-refractivity contribution is 7.89. The Kier molecular flexibility index (Phi) is 11.9. The molecule has 0 bridgehead atoms. The highest BCUT2D eigenvalue weighted by Gasteiger charge is 2.35. The van der Waals surface area contributed by atoms with Gasteiger partial charge >= 0.3 is 0 Å². The second-order valence-electron chi connectivity index (χ2n) is 11.5. The van der Waals surface area contributed by atoms with Crippen LogP contribution in [0.4, 0.5) is 0 Å². The number of aromatic nitrogens is 3. The molecular formula is C30H44N6O6S. The first-order valence-electron chi connectivity index (χ1n) is 15.1. The normalized spacial score (nSPS) is 17.4. The number of unbranched alkanes of at least 4 members (excludes halogenated alkanes) is 1. The van der Waals surface area contributed by atoms with E-state index in [1.807, 2.05) is 31.2 Å². The fourth-order valence-corrected chi connectivity index (χ4v) is 6.93. The number of aliphatic hydroxyl groups is 2. The molecule has 3 aromatic rings.